The molecule has 1 aromatic rings. The summed E-state index contributed by atoms with van der Waals surface area (Å²) in [5, 5.41) is 9.92. The third-order valence-electron chi connectivity index (χ3n) is 4.12. The lowest BCUT2D eigenvalue weighted by Crippen LogP contribution is -2.53. The molecular formula is C14H13NO5. The number of nitrogens with zero attached hydrogens (tertiary/aromatic N) is 1. The summed E-state index contributed by atoms with van der Waals surface area (Å²) in [7, 11) is 0. The van der Waals surface area contributed by atoms with Gasteiger partial charge in [0.25, 0.3) is 11.8 Å². The van der Waals surface area contributed by atoms with Crippen molar-refractivity contribution in [3.8, 4) is 0 Å². The lowest BCUT2D eigenvalue weighted by atomic mass is 10.00. The first-order chi connectivity index (χ1) is 9.66. The van der Waals surface area contributed by atoms with Crippen molar-refractivity contribution in [2.24, 2.45) is 0 Å². The molecule has 6 heteroatoms. The van der Waals surface area contributed by atoms with E-state index in [1.165, 1.54) is 4.90 Å². The zero-order valence-corrected chi connectivity index (χ0v) is 10.6. The number of aliphatic hydroxyl groups excluding tert-OH is 1. The van der Waals surface area contributed by atoms with E-state index in [1.54, 1.807) is 24.3 Å². The van der Waals surface area contributed by atoms with Gasteiger partial charge in [0.15, 0.2) is 6.29 Å². The maximum Gasteiger partial charge on any atom is 0.261 e. The van der Waals surface area contributed by atoms with Crippen LogP contribution in [0.15, 0.2) is 24.3 Å². The highest BCUT2D eigenvalue weighted by atomic mass is 16.7. The van der Waals surface area contributed by atoms with E-state index in [-0.39, 0.29) is 17.9 Å². The standard InChI is InChI=1S/C14H13NO5/c16-10-5-9(11-6-19-14(10)20-11)15-12(17)7-3-1-2-4-8(7)13(15)18/h1-4,9-11,14,16H,5-6H2/t9-,10+,11-,14+/m0/s1. The van der Waals surface area contributed by atoms with Crippen LogP contribution in [0.2, 0.25) is 0 Å². The van der Waals surface area contributed by atoms with Crippen LogP contribution in [-0.2, 0) is 9.47 Å². The van der Waals surface area contributed by atoms with Crippen molar-refractivity contribution < 1.29 is 24.2 Å². The van der Waals surface area contributed by atoms with Crippen LogP contribution in [-0.4, -0.2) is 53.0 Å². The number of carbonyl (C=O) groups is 2. The SMILES string of the molecule is O=C1c2ccccc2C(=O)N1[C@H]1C[C@@H](O)[C@@H]2OC[C@@H]1O2. The van der Waals surface area contributed by atoms with E-state index in [0.29, 0.717) is 24.2 Å². The Hall–Kier alpha value is -1.76. The molecule has 0 radical (unpaired) electrons. The summed E-state index contributed by atoms with van der Waals surface area (Å²) in [5.74, 6) is -0.645. The molecule has 2 bridgehead atoms. The molecule has 2 fully saturated rings. The van der Waals surface area contributed by atoms with Gasteiger partial charge in [-0.3, -0.25) is 14.5 Å². The second-order valence-electron chi connectivity index (χ2n) is 5.27. The van der Waals surface area contributed by atoms with Crippen LogP contribution in [0.3, 0.4) is 0 Å². The Morgan fingerprint density at radius 3 is 2.45 bits per heavy atom. The molecule has 0 aromatic heterocycles. The highest BCUT2D eigenvalue weighted by Gasteiger charge is 2.50. The number of hydrogen-bond acceptors (Lipinski definition) is 5. The Balaban J connectivity index is 1.70. The number of hydrogen-bond donors (Lipinski definition) is 1. The fraction of sp³-hybridized carbons (Fsp3) is 0.429. The highest BCUT2D eigenvalue weighted by Crippen LogP contribution is 2.35. The van der Waals surface area contributed by atoms with Crippen LogP contribution < -0.4 is 0 Å². The summed E-state index contributed by atoms with van der Waals surface area (Å²) in [6.07, 6.45) is -1.51. The highest BCUT2D eigenvalue weighted by molar-refractivity contribution is 6.21. The summed E-state index contributed by atoms with van der Waals surface area (Å²) in [6, 6.07) is 6.27. The molecule has 4 atom stereocenters. The monoisotopic (exact) mass is 275 g/mol. The van der Waals surface area contributed by atoms with Gasteiger partial charge in [-0.15, -0.1) is 0 Å². The van der Waals surface area contributed by atoms with E-state index < -0.39 is 18.4 Å². The molecule has 3 heterocycles. The number of fused-ring (bicyclic) bond motifs is 3. The van der Waals surface area contributed by atoms with Gasteiger partial charge in [0.1, 0.15) is 12.2 Å². The Labute approximate surface area is 114 Å². The number of imide groups is 1. The molecule has 1 aromatic carbocycles. The molecule has 3 aliphatic heterocycles. The minimum Gasteiger partial charge on any atom is -0.388 e. The van der Waals surface area contributed by atoms with Gasteiger partial charge >= 0.3 is 0 Å². The minimum atomic E-state index is -0.817. The van der Waals surface area contributed by atoms with E-state index in [2.05, 4.69) is 0 Å². The smallest absolute Gasteiger partial charge is 0.261 e. The number of aliphatic hydroxyl groups is 1. The second kappa shape index (κ2) is 4.12. The van der Waals surface area contributed by atoms with Gasteiger partial charge in [-0.05, 0) is 12.1 Å². The van der Waals surface area contributed by atoms with Crippen LogP contribution in [0.5, 0.6) is 0 Å². The fourth-order valence-corrected chi connectivity index (χ4v) is 3.14. The molecule has 104 valence electrons. The first-order valence-corrected chi connectivity index (χ1v) is 6.59. The van der Waals surface area contributed by atoms with E-state index in [1.807, 2.05) is 0 Å². The van der Waals surface area contributed by atoms with Crippen molar-refractivity contribution in [2.45, 2.75) is 31.0 Å². The average molecular weight is 275 g/mol. The van der Waals surface area contributed by atoms with E-state index >= 15 is 0 Å². The summed E-state index contributed by atoms with van der Waals surface area (Å²) in [4.78, 5) is 26.0. The number of amides is 2. The number of ether oxygens (including phenoxy) is 2. The number of rotatable bonds is 1. The Kier molecular flexibility index (Phi) is 2.47. The van der Waals surface area contributed by atoms with E-state index in [0.717, 1.165) is 0 Å². The van der Waals surface area contributed by atoms with Gasteiger partial charge in [-0.1, -0.05) is 12.1 Å². The van der Waals surface area contributed by atoms with Crippen LogP contribution >= 0.6 is 0 Å². The van der Waals surface area contributed by atoms with Gasteiger partial charge in [-0.2, -0.15) is 0 Å². The Morgan fingerprint density at radius 1 is 1.15 bits per heavy atom. The lowest BCUT2D eigenvalue weighted by molar-refractivity contribution is -0.166. The van der Waals surface area contributed by atoms with Crippen molar-refractivity contribution in [3.05, 3.63) is 35.4 Å². The molecule has 1 N–H and O–H groups in total. The van der Waals surface area contributed by atoms with Crippen molar-refractivity contribution in [1.82, 2.24) is 4.90 Å². The maximum absolute atomic E-state index is 12.4. The average Bonchev–Trinajstić information content (AvgIpc) is 2.99. The molecule has 20 heavy (non-hydrogen) atoms. The predicted octanol–water partition coefficient (Wildman–Crippen LogP) is 0.157. The number of benzene rings is 1. The normalized spacial score (nSPS) is 35.5. The van der Waals surface area contributed by atoms with Crippen molar-refractivity contribution in [1.29, 1.82) is 0 Å². The minimum absolute atomic E-state index is 0.291. The number of carbonyl (C=O) groups excluding carboxylic acids is 2. The van der Waals surface area contributed by atoms with Crippen LogP contribution in [0.1, 0.15) is 27.1 Å². The zero-order chi connectivity index (χ0) is 13.9. The third-order valence-corrected chi connectivity index (χ3v) is 4.12. The van der Waals surface area contributed by atoms with Crippen LogP contribution in [0.25, 0.3) is 0 Å². The molecule has 4 rings (SSSR count). The lowest BCUT2D eigenvalue weighted by Gasteiger charge is -2.35. The van der Waals surface area contributed by atoms with Crippen molar-refractivity contribution in [2.75, 3.05) is 6.61 Å². The van der Waals surface area contributed by atoms with Crippen molar-refractivity contribution in [3.63, 3.8) is 0 Å². The van der Waals surface area contributed by atoms with E-state index in [9.17, 15) is 14.7 Å². The molecule has 0 aliphatic carbocycles. The molecule has 0 saturated carbocycles. The first kappa shape index (κ1) is 12.0. The summed E-state index contributed by atoms with van der Waals surface area (Å²) in [6.45, 7) is 0.291. The molecule has 2 saturated heterocycles. The molecule has 0 spiro atoms. The Morgan fingerprint density at radius 2 is 1.80 bits per heavy atom. The van der Waals surface area contributed by atoms with Gasteiger partial charge in [0.05, 0.1) is 23.8 Å². The Bertz CT molecular complexity index is 566. The largest absolute Gasteiger partial charge is 0.388 e. The van der Waals surface area contributed by atoms with E-state index in [4.69, 9.17) is 9.47 Å². The van der Waals surface area contributed by atoms with Crippen LogP contribution in [0, 0.1) is 0 Å². The summed E-state index contributed by atoms with van der Waals surface area (Å²) in [5.41, 5.74) is 0.820. The zero-order valence-electron chi connectivity index (χ0n) is 10.6. The predicted molar refractivity (Wildman–Crippen MR) is 66.0 cm³/mol. The molecule has 3 aliphatic rings. The fourth-order valence-electron chi connectivity index (χ4n) is 3.14. The van der Waals surface area contributed by atoms with Crippen molar-refractivity contribution >= 4 is 11.8 Å². The quantitative estimate of drug-likeness (QED) is 0.739. The molecule has 6 nitrogen and oxygen atoms in total. The third kappa shape index (κ3) is 1.49. The summed E-state index contributed by atoms with van der Waals surface area (Å²) < 4.78 is 10.8. The molecule has 2 amide bonds. The summed E-state index contributed by atoms with van der Waals surface area (Å²) >= 11 is 0. The van der Waals surface area contributed by atoms with Gasteiger partial charge in [0.2, 0.25) is 0 Å². The van der Waals surface area contributed by atoms with Gasteiger partial charge < -0.3 is 14.6 Å². The first-order valence-electron chi connectivity index (χ1n) is 6.59. The van der Waals surface area contributed by atoms with Gasteiger partial charge in [-0.25, -0.2) is 0 Å². The maximum atomic E-state index is 12.4. The van der Waals surface area contributed by atoms with Gasteiger partial charge in [0, 0.05) is 6.42 Å². The second-order valence-corrected chi connectivity index (χ2v) is 5.27. The molecular weight excluding hydrogens is 262 g/mol. The topological polar surface area (TPSA) is 76.1 Å². The molecule has 0 unspecified atom stereocenters. The van der Waals surface area contributed by atoms with Crippen LogP contribution in [0.4, 0.5) is 0 Å².